The van der Waals surface area contributed by atoms with Gasteiger partial charge in [-0.05, 0) is 61.1 Å². The Balaban J connectivity index is 1.62. The van der Waals surface area contributed by atoms with Crippen molar-refractivity contribution in [2.24, 2.45) is 10.8 Å². The van der Waals surface area contributed by atoms with Crippen LogP contribution in [0.5, 0.6) is 11.5 Å². The van der Waals surface area contributed by atoms with Crippen molar-refractivity contribution in [1.29, 1.82) is 0 Å². The molecule has 0 radical (unpaired) electrons. The van der Waals surface area contributed by atoms with Crippen molar-refractivity contribution in [3.05, 3.63) is 71.1 Å². The summed E-state index contributed by atoms with van der Waals surface area (Å²) in [4.78, 5) is 19.6. The fourth-order valence-corrected chi connectivity index (χ4v) is 4.87. The second-order valence-electron chi connectivity index (χ2n) is 10.5. The first-order valence-corrected chi connectivity index (χ1v) is 13.6. The normalized spacial score (nSPS) is 12.0. The minimum atomic E-state index is 0.0927. The van der Waals surface area contributed by atoms with E-state index in [1.54, 1.807) is 0 Å². The van der Waals surface area contributed by atoms with E-state index in [2.05, 4.69) is 61.0 Å². The molecular formula is C28H33N5OS2. The van der Waals surface area contributed by atoms with Crippen LogP contribution in [0.4, 0.5) is 10.9 Å². The van der Waals surface area contributed by atoms with E-state index < -0.39 is 0 Å². The first kappa shape index (κ1) is 26.1. The number of pyridine rings is 1. The van der Waals surface area contributed by atoms with Crippen molar-refractivity contribution in [3.8, 4) is 11.5 Å². The van der Waals surface area contributed by atoms with Crippen LogP contribution in [0.25, 0.3) is 0 Å². The average Bonchev–Trinajstić information content (AvgIpc) is 3.19. The summed E-state index contributed by atoms with van der Waals surface area (Å²) in [5.41, 5.74) is 3.22. The van der Waals surface area contributed by atoms with Gasteiger partial charge in [-0.25, -0.2) is 19.9 Å². The van der Waals surface area contributed by atoms with Crippen LogP contribution in [0.1, 0.15) is 51.7 Å². The maximum Gasteiger partial charge on any atom is 0.192 e. The van der Waals surface area contributed by atoms with E-state index >= 15 is 0 Å². The standard InChI is InChI=1S/C28H33N5OS2/c1-18-13-20(15-28(6,7)27(3,4)5)32-26(30-18)36-22-14-23(34-21-11-9-8-10-12-21)24(29-16-22)33-25-31-19(2)17-35-25/h8-14,16-17H,15H2,1-7H3,(H,29,31,33). The summed E-state index contributed by atoms with van der Waals surface area (Å²) < 4.78 is 6.22. The van der Waals surface area contributed by atoms with E-state index in [0.29, 0.717) is 16.7 Å². The number of hydrogen-bond donors (Lipinski definition) is 1. The minimum Gasteiger partial charge on any atom is -0.453 e. The van der Waals surface area contributed by atoms with Gasteiger partial charge < -0.3 is 10.1 Å². The van der Waals surface area contributed by atoms with Crippen molar-refractivity contribution in [1.82, 2.24) is 19.9 Å². The molecule has 0 saturated heterocycles. The summed E-state index contributed by atoms with van der Waals surface area (Å²) in [5, 5.41) is 6.77. The Morgan fingerprint density at radius 2 is 1.69 bits per heavy atom. The first-order valence-electron chi connectivity index (χ1n) is 11.9. The van der Waals surface area contributed by atoms with E-state index in [1.807, 2.05) is 61.8 Å². The maximum absolute atomic E-state index is 6.22. The van der Waals surface area contributed by atoms with Crippen molar-refractivity contribution in [2.45, 2.75) is 64.9 Å². The van der Waals surface area contributed by atoms with Gasteiger partial charge in [-0.1, -0.05) is 52.8 Å². The Morgan fingerprint density at radius 1 is 0.944 bits per heavy atom. The van der Waals surface area contributed by atoms with Crippen LogP contribution in [-0.2, 0) is 6.42 Å². The molecule has 0 unspecified atom stereocenters. The van der Waals surface area contributed by atoms with Crippen LogP contribution >= 0.6 is 23.1 Å². The summed E-state index contributed by atoms with van der Waals surface area (Å²) >= 11 is 3.02. The third kappa shape index (κ3) is 6.62. The van der Waals surface area contributed by atoms with Gasteiger partial charge in [0.1, 0.15) is 5.75 Å². The number of thiazole rings is 1. The van der Waals surface area contributed by atoms with Crippen molar-refractivity contribution in [3.63, 3.8) is 0 Å². The Hall–Kier alpha value is -2.97. The highest BCUT2D eigenvalue weighted by atomic mass is 32.2. The van der Waals surface area contributed by atoms with Crippen LogP contribution < -0.4 is 10.1 Å². The second-order valence-corrected chi connectivity index (χ2v) is 12.4. The summed E-state index contributed by atoms with van der Waals surface area (Å²) in [5.74, 6) is 1.95. The molecule has 0 aliphatic heterocycles. The van der Waals surface area contributed by atoms with Crippen molar-refractivity contribution >= 4 is 34.0 Å². The fourth-order valence-electron chi connectivity index (χ4n) is 3.35. The number of ether oxygens (including phenoxy) is 1. The Morgan fingerprint density at radius 3 is 2.36 bits per heavy atom. The summed E-state index contributed by atoms with van der Waals surface area (Å²) in [6.07, 6.45) is 2.69. The lowest BCUT2D eigenvalue weighted by atomic mass is 9.67. The predicted molar refractivity (Wildman–Crippen MR) is 149 cm³/mol. The lowest BCUT2D eigenvalue weighted by molar-refractivity contribution is 0.130. The molecule has 0 aliphatic rings. The Bertz CT molecular complexity index is 1330. The van der Waals surface area contributed by atoms with Gasteiger partial charge in [-0.2, -0.15) is 0 Å². The van der Waals surface area contributed by atoms with E-state index in [1.165, 1.54) is 23.1 Å². The average molecular weight is 520 g/mol. The van der Waals surface area contributed by atoms with Crippen LogP contribution in [0.2, 0.25) is 0 Å². The molecule has 36 heavy (non-hydrogen) atoms. The number of nitrogens with zero attached hydrogens (tertiary/aromatic N) is 4. The zero-order valence-corrected chi connectivity index (χ0v) is 23.5. The smallest absolute Gasteiger partial charge is 0.192 e. The molecule has 0 atom stereocenters. The zero-order chi connectivity index (χ0) is 25.9. The van der Waals surface area contributed by atoms with E-state index in [9.17, 15) is 0 Å². The molecule has 3 heterocycles. The molecule has 4 aromatic rings. The highest BCUT2D eigenvalue weighted by molar-refractivity contribution is 7.99. The summed E-state index contributed by atoms with van der Waals surface area (Å²) in [7, 11) is 0. The monoisotopic (exact) mass is 519 g/mol. The Labute approximate surface area is 222 Å². The van der Waals surface area contributed by atoms with Crippen molar-refractivity contribution in [2.75, 3.05) is 5.32 Å². The van der Waals surface area contributed by atoms with Gasteiger partial charge in [0.15, 0.2) is 21.9 Å². The molecule has 0 fully saturated rings. The molecule has 3 aromatic heterocycles. The number of aryl methyl sites for hydroxylation is 2. The minimum absolute atomic E-state index is 0.0927. The number of benzene rings is 1. The van der Waals surface area contributed by atoms with Crippen LogP contribution in [-0.4, -0.2) is 19.9 Å². The molecule has 1 N–H and O–H groups in total. The number of aromatic nitrogens is 4. The van der Waals surface area contributed by atoms with Gasteiger partial charge in [-0.3, -0.25) is 0 Å². The third-order valence-electron chi connectivity index (χ3n) is 6.39. The lowest BCUT2D eigenvalue weighted by Crippen LogP contribution is -2.32. The summed E-state index contributed by atoms with van der Waals surface area (Å²) in [6, 6.07) is 13.7. The van der Waals surface area contributed by atoms with Crippen LogP contribution in [0.15, 0.2) is 64.1 Å². The topological polar surface area (TPSA) is 72.8 Å². The molecule has 1 aromatic carbocycles. The highest BCUT2D eigenvalue weighted by Crippen LogP contribution is 2.41. The molecule has 8 heteroatoms. The number of para-hydroxylation sites is 1. The van der Waals surface area contributed by atoms with Gasteiger partial charge in [0, 0.05) is 33.9 Å². The second kappa shape index (κ2) is 10.6. The molecule has 0 aliphatic carbocycles. The SMILES string of the molecule is Cc1cc(CC(C)(C)C(C)(C)C)nc(Sc2cnc(Nc3nc(C)cs3)c(Oc3ccccc3)c2)n1. The largest absolute Gasteiger partial charge is 0.453 e. The maximum atomic E-state index is 6.22. The summed E-state index contributed by atoms with van der Waals surface area (Å²) in [6.45, 7) is 15.4. The van der Waals surface area contributed by atoms with E-state index in [0.717, 1.165) is 39.3 Å². The lowest BCUT2D eigenvalue weighted by Gasteiger charge is -2.38. The molecule has 0 amide bonds. The number of rotatable bonds is 8. The van der Waals surface area contributed by atoms with Gasteiger partial charge in [0.25, 0.3) is 0 Å². The van der Waals surface area contributed by atoms with Gasteiger partial charge in [0.2, 0.25) is 0 Å². The molecule has 0 saturated carbocycles. The van der Waals surface area contributed by atoms with Crippen molar-refractivity contribution < 1.29 is 4.74 Å². The molecule has 6 nitrogen and oxygen atoms in total. The molecule has 188 valence electrons. The first-order chi connectivity index (χ1) is 17.0. The highest BCUT2D eigenvalue weighted by Gasteiger charge is 2.33. The molecule has 0 spiro atoms. The van der Waals surface area contributed by atoms with E-state index in [-0.39, 0.29) is 10.8 Å². The third-order valence-corrected chi connectivity index (χ3v) is 8.09. The van der Waals surface area contributed by atoms with E-state index in [4.69, 9.17) is 9.72 Å². The fraction of sp³-hybridized carbons (Fsp3) is 0.357. The van der Waals surface area contributed by atoms with Crippen LogP contribution in [0, 0.1) is 24.7 Å². The molecule has 0 bridgehead atoms. The number of anilines is 2. The number of nitrogens with one attached hydrogen (secondary N) is 1. The van der Waals surface area contributed by atoms with Crippen LogP contribution in [0.3, 0.4) is 0 Å². The molecular weight excluding hydrogens is 486 g/mol. The quantitative estimate of drug-likeness (QED) is 0.235. The van der Waals surface area contributed by atoms with Gasteiger partial charge >= 0.3 is 0 Å². The molecule has 4 rings (SSSR count). The van der Waals surface area contributed by atoms with Gasteiger partial charge in [-0.15, -0.1) is 11.3 Å². The predicted octanol–water partition coefficient (Wildman–Crippen LogP) is 8.25. The van der Waals surface area contributed by atoms with Gasteiger partial charge in [0.05, 0.1) is 5.69 Å². The zero-order valence-electron chi connectivity index (χ0n) is 21.9. The number of hydrogen-bond acceptors (Lipinski definition) is 8. The Kier molecular flexibility index (Phi) is 7.66.